The summed E-state index contributed by atoms with van der Waals surface area (Å²) >= 11 is 1.63. The lowest BCUT2D eigenvalue weighted by Gasteiger charge is -2.07. The lowest BCUT2D eigenvalue weighted by atomic mass is 10.1. The first-order valence-electron chi connectivity index (χ1n) is 6.80. The summed E-state index contributed by atoms with van der Waals surface area (Å²) < 4.78 is 27.0. The van der Waals surface area contributed by atoms with Crippen molar-refractivity contribution in [3.63, 3.8) is 0 Å². The van der Waals surface area contributed by atoms with Gasteiger partial charge in [-0.25, -0.2) is 13.1 Å². The smallest absolute Gasteiger partial charge is 0.240 e. The third kappa shape index (κ3) is 4.71. The van der Waals surface area contributed by atoms with Gasteiger partial charge >= 0.3 is 0 Å². The number of hydrogen-bond donors (Lipinski definition) is 2. The van der Waals surface area contributed by atoms with E-state index in [1.165, 1.54) is 0 Å². The molecular formula is C15H19NO3S2. The van der Waals surface area contributed by atoms with Gasteiger partial charge < -0.3 is 5.11 Å². The van der Waals surface area contributed by atoms with Crippen LogP contribution in [0.15, 0.2) is 47.4 Å². The van der Waals surface area contributed by atoms with Crippen LogP contribution in [0.3, 0.4) is 0 Å². The zero-order valence-electron chi connectivity index (χ0n) is 11.7. The molecule has 2 N–H and O–H groups in total. The minimum atomic E-state index is -3.46. The quantitative estimate of drug-likeness (QED) is 0.731. The summed E-state index contributed by atoms with van der Waals surface area (Å²) in [5.74, 6) is 1.54. The number of nitrogens with one attached hydrogen (secondary N) is 1. The number of fused-ring (bicyclic) bond motifs is 1. The molecule has 0 aliphatic carbocycles. The van der Waals surface area contributed by atoms with Crippen LogP contribution in [0.5, 0.6) is 0 Å². The molecule has 6 heteroatoms. The number of aliphatic hydroxyl groups excluding tert-OH is 1. The number of thioether (sulfide) groups is 1. The van der Waals surface area contributed by atoms with E-state index in [4.69, 9.17) is 5.11 Å². The van der Waals surface area contributed by atoms with Crippen molar-refractivity contribution in [1.29, 1.82) is 0 Å². The van der Waals surface area contributed by atoms with Crippen LogP contribution in [0, 0.1) is 0 Å². The van der Waals surface area contributed by atoms with Crippen molar-refractivity contribution in [1.82, 2.24) is 4.72 Å². The second-order valence-corrected chi connectivity index (χ2v) is 7.59. The van der Waals surface area contributed by atoms with Gasteiger partial charge in [-0.1, -0.05) is 30.3 Å². The Morgan fingerprint density at radius 1 is 1.05 bits per heavy atom. The van der Waals surface area contributed by atoms with Crippen LogP contribution < -0.4 is 4.72 Å². The Hall–Kier alpha value is -1.08. The van der Waals surface area contributed by atoms with Crippen molar-refractivity contribution < 1.29 is 13.5 Å². The average molecular weight is 325 g/mol. The molecule has 0 aliphatic rings. The van der Waals surface area contributed by atoms with Gasteiger partial charge in [0.1, 0.15) is 0 Å². The third-order valence-electron chi connectivity index (χ3n) is 3.02. The summed E-state index contributed by atoms with van der Waals surface area (Å²) in [5.41, 5.74) is 0. The highest BCUT2D eigenvalue weighted by Gasteiger charge is 2.13. The van der Waals surface area contributed by atoms with Crippen molar-refractivity contribution in [2.24, 2.45) is 0 Å². The Bertz CT molecular complexity index is 686. The summed E-state index contributed by atoms with van der Waals surface area (Å²) in [4.78, 5) is 0.293. The monoisotopic (exact) mass is 325 g/mol. The van der Waals surface area contributed by atoms with E-state index in [0.717, 1.165) is 22.9 Å². The van der Waals surface area contributed by atoms with Gasteiger partial charge in [-0.2, -0.15) is 11.8 Å². The molecule has 114 valence electrons. The van der Waals surface area contributed by atoms with Gasteiger partial charge in [0, 0.05) is 18.9 Å². The predicted molar refractivity (Wildman–Crippen MR) is 88.2 cm³/mol. The maximum absolute atomic E-state index is 12.2. The van der Waals surface area contributed by atoms with E-state index in [2.05, 4.69) is 4.72 Å². The average Bonchev–Trinajstić information content (AvgIpc) is 2.50. The van der Waals surface area contributed by atoms with Gasteiger partial charge in [0.05, 0.1) is 4.90 Å². The maximum atomic E-state index is 12.2. The molecule has 0 saturated carbocycles. The Kier molecular flexibility index (Phi) is 6.05. The van der Waals surface area contributed by atoms with E-state index in [-0.39, 0.29) is 6.61 Å². The lowest BCUT2D eigenvalue weighted by Crippen LogP contribution is -2.26. The highest BCUT2D eigenvalue weighted by Crippen LogP contribution is 2.18. The van der Waals surface area contributed by atoms with Crippen LogP contribution in [0.1, 0.15) is 6.42 Å². The fraction of sp³-hybridized carbons (Fsp3) is 0.333. The third-order valence-corrected chi connectivity index (χ3v) is 5.55. The molecule has 2 aromatic carbocycles. The molecule has 0 aliphatic heterocycles. The second kappa shape index (κ2) is 7.79. The first kappa shape index (κ1) is 16.3. The highest BCUT2D eigenvalue weighted by atomic mass is 32.2. The van der Waals surface area contributed by atoms with E-state index in [9.17, 15) is 8.42 Å². The zero-order valence-corrected chi connectivity index (χ0v) is 13.3. The van der Waals surface area contributed by atoms with Gasteiger partial charge in [-0.15, -0.1) is 0 Å². The van der Waals surface area contributed by atoms with E-state index in [1.54, 1.807) is 23.9 Å². The Balaban J connectivity index is 1.97. The van der Waals surface area contributed by atoms with Crippen LogP contribution >= 0.6 is 11.8 Å². The highest BCUT2D eigenvalue weighted by molar-refractivity contribution is 7.99. The molecule has 21 heavy (non-hydrogen) atoms. The lowest BCUT2D eigenvalue weighted by molar-refractivity contribution is 0.296. The Labute approximate surface area is 129 Å². The first-order chi connectivity index (χ1) is 10.1. The van der Waals surface area contributed by atoms with E-state index in [1.807, 2.05) is 30.3 Å². The summed E-state index contributed by atoms with van der Waals surface area (Å²) in [7, 11) is -3.46. The topological polar surface area (TPSA) is 66.4 Å². The Morgan fingerprint density at radius 2 is 1.81 bits per heavy atom. The largest absolute Gasteiger partial charge is 0.396 e. The van der Waals surface area contributed by atoms with E-state index in [0.29, 0.717) is 17.2 Å². The van der Waals surface area contributed by atoms with Gasteiger partial charge in [-0.05, 0) is 35.1 Å². The minimum absolute atomic E-state index is 0.176. The Morgan fingerprint density at radius 3 is 2.57 bits per heavy atom. The van der Waals surface area contributed by atoms with Gasteiger partial charge in [-0.3, -0.25) is 0 Å². The second-order valence-electron chi connectivity index (χ2n) is 4.60. The maximum Gasteiger partial charge on any atom is 0.240 e. The van der Waals surface area contributed by atoms with Crippen LogP contribution in [0.2, 0.25) is 0 Å². The molecule has 2 rings (SSSR count). The molecule has 0 saturated heterocycles. The zero-order chi connectivity index (χ0) is 15.1. The summed E-state index contributed by atoms with van der Waals surface area (Å²) in [6.45, 7) is 0.571. The standard InChI is InChI=1S/C15H19NO3S2/c17-9-3-10-20-11-8-16-21(18,19)15-7-6-13-4-1-2-5-14(13)12-15/h1-2,4-7,12,16-17H,3,8-11H2. The number of benzene rings is 2. The molecule has 0 heterocycles. The first-order valence-corrected chi connectivity index (χ1v) is 9.44. The number of hydrogen-bond acceptors (Lipinski definition) is 4. The van der Waals surface area contributed by atoms with E-state index < -0.39 is 10.0 Å². The summed E-state index contributed by atoms with van der Waals surface area (Å²) in [6.07, 6.45) is 0.738. The molecule has 0 aromatic heterocycles. The van der Waals surface area contributed by atoms with Crippen LogP contribution in [0.4, 0.5) is 0 Å². The number of sulfonamides is 1. The SMILES string of the molecule is O=S(=O)(NCCSCCCO)c1ccc2ccccc2c1. The predicted octanol–water partition coefficient (Wildman–Crippen LogP) is 2.23. The molecule has 0 unspecified atom stereocenters. The van der Waals surface area contributed by atoms with Gasteiger partial charge in [0.2, 0.25) is 10.0 Å². The molecule has 0 bridgehead atoms. The molecule has 0 atom stereocenters. The fourth-order valence-electron chi connectivity index (χ4n) is 1.93. The molecule has 0 radical (unpaired) electrons. The van der Waals surface area contributed by atoms with Crippen LogP contribution in [-0.2, 0) is 10.0 Å². The van der Waals surface area contributed by atoms with Gasteiger partial charge in [0.15, 0.2) is 0 Å². The molecular weight excluding hydrogens is 306 g/mol. The van der Waals surface area contributed by atoms with E-state index >= 15 is 0 Å². The van der Waals surface area contributed by atoms with Crippen molar-refractivity contribution in [3.8, 4) is 0 Å². The molecule has 0 amide bonds. The van der Waals surface area contributed by atoms with Crippen LogP contribution in [0.25, 0.3) is 10.8 Å². The van der Waals surface area contributed by atoms with Crippen molar-refractivity contribution in [2.45, 2.75) is 11.3 Å². The fourth-order valence-corrected chi connectivity index (χ4v) is 3.91. The molecule has 0 fully saturated rings. The van der Waals surface area contributed by atoms with Crippen molar-refractivity contribution >= 4 is 32.6 Å². The molecule has 0 spiro atoms. The summed E-state index contributed by atoms with van der Waals surface area (Å²) in [5, 5.41) is 10.6. The molecule has 2 aromatic rings. The van der Waals surface area contributed by atoms with Crippen LogP contribution in [-0.4, -0.2) is 38.2 Å². The normalized spacial score (nSPS) is 11.9. The van der Waals surface area contributed by atoms with Crippen molar-refractivity contribution in [3.05, 3.63) is 42.5 Å². The van der Waals surface area contributed by atoms with Gasteiger partial charge in [0.25, 0.3) is 0 Å². The molecule has 4 nitrogen and oxygen atoms in total. The van der Waals surface area contributed by atoms with Crippen molar-refractivity contribution in [2.75, 3.05) is 24.7 Å². The number of aliphatic hydroxyl groups is 1. The summed E-state index contributed by atoms with van der Waals surface area (Å²) in [6, 6.07) is 12.8. The number of rotatable bonds is 8. The minimum Gasteiger partial charge on any atom is -0.396 e.